The van der Waals surface area contributed by atoms with Crippen LogP contribution < -0.4 is 0 Å². The van der Waals surface area contributed by atoms with Crippen molar-refractivity contribution in [3.05, 3.63) is 35.4 Å². The van der Waals surface area contributed by atoms with Crippen molar-refractivity contribution < 1.29 is 9.53 Å². The number of benzene rings is 1. The van der Waals surface area contributed by atoms with Crippen molar-refractivity contribution >= 4 is 5.91 Å². The van der Waals surface area contributed by atoms with Crippen molar-refractivity contribution in [2.45, 2.75) is 31.8 Å². The summed E-state index contributed by atoms with van der Waals surface area (Å²) in [5.41, 5.74) is 1.09. The third-order valence-corrected chi connectivity index (χ3v) is 3.63. The van der Waals surface area contributed by atoms with Crippen LogP contribution in [0.1, 0.15) is 41.6 Å². The highest BCUT2D eigenvalue weighted by Gasteiger charge is 2.16. The summed E-state index contributed by atoms with van der Waals surface area (Å²) in [5.74, 6) is -0.0329. The van der Waals surface area contributed by atoms with Crippen molar-refractivity contribution in [1.29, 1.82) is 5.26 Å². The molecule has 1 atom stereocenters. The molecule has 0 spiro atoms. The molecule has 0 saturated carbocycles. The number of carbonyl (C=O) groups excluding carboxylic acids is 1. The summed E-state index contributed by atoms with van der Waals surface area (Å²) in [4.78, 5) is 13.9. The minimum Gasteiger partial charge on any atom is -0.378 e. The van der Waals surface area contributed by atoms with Gasteiger partial charge in [0.2, 0.25) is 0 Å². The van der Waals surface area contributed by atoms with E-state index < -0.39 is 0 Å². The second-order valence-electron chi connectivity index (χ2n) is 5.20. The molecule has 0 aromatic heterocycles. The normalized spacial score (nSPS) is 17.7. The molecule has 1 heterocycles. The van der Waals surface area contributed by atoms with Gasteiger partial charge in [-0.1, -0.05) is 6.07 Å². The second kappa shape index (κ2) is 7.06. The zero-order valence-corrected chi connectivity index (χ0v) is 11.8. The molecule has 1 aliphatic heterocycles. The van der Waals surface area contributed by atoms with Crippen molar-refractivity contribution in [3.63, 3.8) is 0 Å². The Labute approximate surface area is 120 Å². The maximum absolute atomic E-state index is 12.2. The van der Waals surface area contributed by atoms with E-state index in [0.717, 1.165) is 38.8 Å². The van der Waals surface area contributed by atoms with Crippen LogP contribution in [0.3, 0.4) is 0 Å². The fourth-order valence-electron chi connectivity index (χ4n) is 2.47. The summed E-state index contributed by atoms with van der Waals surface area (Å²) in [5, 5.41) is 8.86. The highest BCUT2D eigenvalue weighted by atomic mass is 16.5. The summed E-state index contributed by atoms with van der Waals surface area (Å²) in [6.45, 7) is 1.59. The maximum Gasteiger partial charge on any atom is 0.253 e. The SMILES string of the molecule is CN(CCC[C@@H]1CCCO1)C(=O)c1cccc(C#N)c1. The fourth-order valence-corrected chi connectivity index (χ4v) is 2.47. The van der Waals surface area contributed by atoms with Crippen molar-refractivity contribution in [2.75, 3.05) is 20.2 Å². The Morgan fingerprint density at radius 1 is 1.55 bits per heavy atom. The van der Waals surface area contributed by atoms with E-state index in [4.69, 9.17) is 10.00 Å². The second-order valence-corrected chi connectivity index (χ2v) is 5.20. The summed E-state index contributed by atoms with van der Waals surface area (Å²) in [7, 11) is 1.80. The van der Waals surface area contributed by atoms with Gasteiger partial charge < -0.3 is 9.64 Å². The zero-order chi connectivity index (χ0) is 14.4. The van der Waals surface area contributed by atoms with Gasteiger partial charge in [-0.2, -0.15) is 5.26 Å². The summed E-state index contributed by atoms with van der Waals surface area (Å²) in [6.07, 6.45) is 4.63. The molecule has 2 rings (SSSR count). The molecular weight excluding hydrogens is 252 g/mol. The van der Waals surface area contributed by atoms with Gasteiger partial charge in [0.05, 0.1) is 17.7 Å². The highest BCUT2D eigenvalue weighted by Crippen LogP contribution is 2.17. The first-order valence-corrected chi connectivity index (χ1v) is 7.08. The van der Waals surface area contributed by atoms with Crippen LogP contribution in [0.2, 0.25) is 0 Å². The standard InChI is InChI=1S/C16H20N2O2/c1-18(9-3-7-15-8-4-10-20-15)16(19)14-6-2-5-13(11-14)12-17/h2,5-6,11,15H,3-4,7-10H2,1H3/t15-/m1/s1. The minimum atomic E-state index is -0.0329. The number of nitrogens with zero attached hydrogens (tertiary/aromatic N) is 2. The Hall–Kier alpha value is -1.86. The van der Waals surface area contributed by atoms with E-state index in [1.165, 1.54) is 0 Å². The quantitative estimate of drug-likeness (QED) is 0.828. The van der Waals surface area contributed by atoms with E-state index in [-0.39, 0.29) is 5.91 Å². The van der Waals surface area contributed by atoms with Crippen molar-refractivity contribution in [2.24, 2.45) is 0 Å². The molecule has 4 nitrogen and oxygen atoms in total. The summed E-state index contributed by atoms with van der Waals surface area (Å²) in [6, 6.07) is 8.89. The number of hydrogen-bond acceptors (Lipinski definition) is 3. The Morgan fingerprint density at radius 3 is 3.10 bits per heavy atom. The van der Waals surface area contributed by atoms with Gasteiger partial charge >= 0.3 is 0 Å². The number of carbonyl (C=O) groups is 1. The third kappa shape index (κ3) is 3.82. The van der Waals surface area contributed by atoms with Crippen LogP contribution in [0.5, 0.6) is 0 Å². The molecule has 0 N–H and O–H groups in total. The summed E-state index contributed by atoms with van der Waals surface area (Å²) < 4.78 is 5.57. The average molecular weight is 272 g/mol. The smallest absolute Gasteiger partial charge is 0.253 e. The van der Waals surface area contributed by atoms with E-state index in [2.05, 4.69) is 6.07 Å². The van der Waals surface area contributed by atoms with Crippen molar-refractivity contribution in [1.82, 2.24) is 4.90 Å². The minimum absolute atomic E-state index is 0.0329. The van der Waals surface area contributed by atoms with Crippen LogP contribution in [0.25, 0.3) is 0 Å². The number of nitriles is 1. The Balaban J connectivity index is 1.83. The molecule has 106 valence electrons. The molecule has 1 aliphatic rings. The van der Waals surface area contributed by atoms with Gasteiger partial charge in [-0.05, 0) is 43.9 Å². The lowest BCUT2D eigenvalue weighted by atomic mass is 10.1. The molecular formula is C16H20N2O2. The van der Waals surface area contributed by atoms with Gasteiger partial charge in [0, 0.05) is 25.8 Å². The molecule has 0 bridgehead atoms. The van der Waals surface area contributed by atoms with E-state index in [9.17, 15) is 4.79 Å². The molecule has 0 radical (unpaired) electrons. The first-order chi connectivity index (χ1) is 9.70. The molecule has 1 saturated heterocycles. The molecule has 4 heteroatoms. The van der Waals surface area contributed by atoms with E-state index >= 15 is 0 Å². The maximum atomic E-state index is 12.2. The lowest BCUT2D eigenvalue weighted by molar-refractivity contribution is 0.0763. The van der Waals surface area contributed by atoms with Crippen molar-refractivity contribution in [3.8, 4) is 6.07 Å². The third-order valence-electron chi connectivity index (χ3n) is 3.63. The van der Waals surface area contributed by atoms with E-state index in [0.29, 0.717) is 17.2 Å². The van der Waals surface area contributed by atoms with Crippen LogP contribution >= 0.6 is 0 Å². The molecule has 0 unspecified atom stereocenters. The lowest BCUT2D eigenvalue weighted by Crippen LogP contribution is -2.28. The van der Waals surface area contributed by atoms with Gasteiger partial charge in [0.1, 0.15) is 0 Å². The highest BCUT2D eigenvalue weighted by molar-refractivity contribution is 5.94. The van der Waals surface area contributed by atoms with Gasteiger partial charge in [-0.25, -0.2) is 0 Å². The zero-order valence-electron chi connectivity index (χ0n) is 11.8. The molecule has 1 aromatic carbocycles. The summed E-state index contributed by atoms with van der Waals surface area (Å²) >= 11 is 0. The number of hydrogen-bond donors (Lipinski definition) is 0. The topological polar surface area (TPSA) is 53.3 Å². The molecule has 20 heavy (non-hydrogen) atoms. The predicted octanol–water partition coefficient (Wildman–Crippen LogP) is 2.59. The fraction of sp³-hybridized carbons (Fsp3) is 0.500. The first-order valence-electron chi connectivity index (χ1n) is 7.08. The van der Waals surface area contributed by atoms with Gasteiger partial charge in [0.25, 0.3) is 5.91 Å². The Kier molecular flexibility index (Phi) is 5.14. The molecule has 1 aromatic rings. The van der Waals surface area contributed by atoms with Gasteiger partial charge in [0.15, 0.2) is 0 Å². The van der Waals surface area contributed by atoms with Crippen LogP contribution in [-0.4, -0.2) is 37.1 Å². The van der Waals surface area contributed by atoms with Crippen LogP contribution in [0.4, 0.5) is 0 Å². The first kappa shape index (κ1) is 14.5. The lowest BCUT2D eigenvalue weighted by Gasteiger charge is -2.18. The number of rotatable bonds is 5. The Bertz CT molecular complexity index is 501. The van der Waals surface area contributed by atoms with Gasteiger partial charge in [-0.3, -0.25) is 4.79 Å². The van der Waals surface area contributed by atoms with Crippen LogP contribution in [0.15, 0.2) is 24.3 Å². The van der Waals surface area contributed by atoms with E-state index in [1.54, 1.807) is 36.2 Å². The van der Waals surface area contributed by atoms with Crippen LogP contribution in [-0.2, 0) is 4.74 Å². The number of amides is 1. The van der Waals surface area contributed by atoms with Crippen LogP contribution in [0, 0.1) is 11.3 Å². The van der Waals surface area contributed by atoms with E-state index in [1.807, 2.05) is 0 Å². The average Bonchev–Trinajstić information content (AvgIpc) is 2.99. The monoisotopic (exact) mass is 272 g/mol. The number of ether oxygens (including phenoxy) is 1. The van der Waals surface area contributed by atoms with Gasteiger partial charge in [-0.15, -0.1) is 0 Å². The molecule has 1 fully saturated rings. The molecule has 0 aliphatic carbocycles. The molecule has 1 amide bonds. The largest absolute Gasteiger partial charge is 0.378 e. The Morgan fingerprint density at radius 2 is 2.40 bits per heavy atom. The predicted molar refractivity (Wildman–Crippen MR) is 76.3 cm³/mol.